The third kappa shape index (κ3) is 2.10. The Bertz CT molecular complexity index is 511. The van der Waals surface area contributed by atoms with Crippen LogP contribution < -0.4 is 4.74 Å². The monoisotopic (exact) mass is 274 g/mol. The molecule has 1 heterocycles. The van der Waals surface area contributed by atoms with Gasteiger partial charge in [-0.3, -0.25) is 4.79 Å². The van der Waals surface area contributed by atoms with Crippen molar-refractivity contribution in [3.63, 3.8) is 0 Å². The molecule has 3 nitrogen and oxygen atoms in total. The molecule has 0 saturated carbocycles. The molecule has 0 fully saturated rings. The summed E-state index contributed by atoms with van der Waals surface area (Å²) in [4.78, 5) is 10.9. The van der Waals surface area contributed by atoms with Crippen LogP contribution >= 0.6 is 0 Å². The van der Waals surface area contributed by atoms with Crippen molar-refractivity contribution in [3.8, 4) is 5.75 Å². The van der Waals surface area contributed by atoms with Crippen molar-refractivity contribution in [2.75, 3.05) is 13.7 Å². The fourth-order valence-corrected chi connectivity index (χ4v) is 2.24. The van der Waals surface area contributed by atoms with Crippen molar-refractivity contribution in [1.82, 2.24) is 0 Å². The number of halogens is 3. The molecule has 1 atom stereocenters. The summed E-state index contributed by atoms with van der Waals surface area (Å²) in [6.45, 7) is 0.957. The highest BCUT2D eigenvalue weighted by Gasteiger charge is 2.55. The van der Waals surface area contributed by atoms with E-state index in [2.05, 4.69) is 0 Å². The first-order valence-electron chi connectivity index (χ1n) is 5.70. The maximum Gasteiger partial charge on any atom is 0.421 e. The van der Waals surface area contributed by atoms with Gasteiger partial charge in [0.05, 0.1) is 19.3 Å². The van der Waals surface area contributed by atoms with Gasteiger partial charge in [0.2, 0.25) is 0 Å². The number of hydrogen-bond donors (Lipinski definition) is 0. The molecule has 0 radical (unpaired) electrons. The van der Waals surface area contributed by atoms with E-state index in [1.165, 1.54) is 19.2 Å². The van der Waals surface area contributed by atoms with Crippen LogP contribution in [0.25, 0.3) is 0 Å². The van der Waals surface area contributed by atoms with E-state index < -0.39 is 11.8 Å². The molecule has 6 heteroatoms. The van der Waals surface area contributed by atoms with Gasteiger partial charge in [0, 0.05) is 0 Å². The summed E-state index contributed by atoms with van der Waals surface area (Å²) < 4.78 is 49.5. The molecule has 0 bridgehead atoms. The van der Waals surface area contributed by atoms with Crippen LogP contribution in [-0.2, 0) is 16.8 Å². The number of methoxy groups -OCH3 is 1. The molecule has 1 aliphatic rings. The Morgan fingerprint density at radius 3 is 2.63 bits per heavy atom. The number of fused-ring (bicyclic) bond motifs is 1. The second-order valence-electron chi connectivity index (χ2n) is 4.50. The molecule has 2 rings (SSSR count). The smallest absolute Gasteiger partial charge is 0.421 e. The van der Waals surface area contributed by atoms with Gasteiger partial charge in [-0.2, -0.15) is 13.2 Å². The maximum absolute atomic E-state index is 13.2. The molecule has 0 spiro atoms. The summed E-state index contributed by atoms with van der Waals surface area (Å²) in [6, 6.07) is 2.68. The first-order valence-corrected chi connectivity index (χ1v) is 5.70. The topological polar surface area (TPSA) is 35.5 Å². The number of benzene rings is 1. The second kappa shape index (κ2) is 4.52. The largest absolute Gasteiger partial charge is 0.496 e. The molecule has 104 valence electrons. The van der Waals surface area contributed by atoms with Crippen LogP contribution in [0.15, 0.2) is 12.1 Å². The van der Waals surface area contributed by atoms with E-state index in [9.17, 15) is 18.0 Å². The Balaban J connectivity index is 2.65. The SMILES string of the molecule is COc1cc2c(cc1C=O)[C@](C)(C(F)(F)F)OCC2. The molecule has 1 aromatic rings. The molecule has 0 N–H and O–H groups in total. The van der Waals surface area contributed by atoms with Crippen LogP contribution in [0.1, 0.15) is 28.4 Å². The van der Waals surface area contributed by atoms with Crippen molar-refractivity contribution >= 4 is 6.29 Å². The predicted molar refractivity (Wildman–Crippen MR) is 61.4 cm³/mol. The maximum atomic E-state index is 13.2. The van der Waals surface area contributed by atoms with Crippen LogP contribution in [0.5, 0.6) is 5.75 Å². The lowest BCUT2D eigenvalue weighted by molar-refractivity contribution is -0.281. The summed E-state index contributed by atoms with van der Waals surface area (Å²) in [5.41, 5.74) is -1.82. The van der Waals surface area contributed by atoms with E-state index >= 15 is 0 Å². The van der Waals surface area contributed by atoms with Crippen LogP contribution in [0.4, 0.5) is 13.2 Å². The molecule has 0 aliphatic carbocycles. The number of hydrogen-bond acceptors (Lipinski definition) is 3. The summed E-state index contributed by atoms with van der Waals surface area (Å²) >= 11 is 0. The highest BCUT2D eigenvalue weighted by molar-refractivity contribution is 5.80. The number of ether oxygens (including phenoxy) is 2. The van der Waals surface area contributed by atoms with Gasteiger partial charge >= 0.3 is 6.18 Å². The highest BCUT2D eigenvalue weighted by atomic mass is 19.4. The Hall–Kier alpha value is -1.56. The van der Waals surface area contributed by atoms with Crippen molar-refractivity contribution in [2.24, 2.45) is 0 Å². The van der Waals surface area contributed by atoms with Crippen LogP contribution in [0, 0.1) is 0 Å². The highest BCUT2D eigenvalue weighted by Crippen LogP contribution is 2.46. The lowest BCUT2D eigenvalue weighted by Gasteiger charge is -2.37. The summed E-state index contributed by atoms with van der Waals surface area (Å²) in [5, 5.41) is 0. The van der Waals surface area contributed by atoms with E-state index in [0.29, 0.717) is 18.3 Å². The minimum absolute atomic E-state index is 0.0193. The Labute approximate surface area is 108 Å². The second-order valence-corrected chi connectivity index (χ2v) is 4.50. The number of rotatable bonds is 2. The van der Waals surface area contributed by atoms with E-state index in [0.717, 1.165) is 6.92 Å². The van der Waals surface area contributed by atoms with Crippen LogP contribution in [0.3, 0.4) is 0 Å². The molecular weight excluding hydrogens is 261 g/mol. The van der Waals surface area contributed by atoms with Crippen LogP contribution in [-0.4, -0.2) is 26.2 Å². The molecule has 0 amide bonds. The number of alkyl halides is 3. The number of carbonyl (C=O) groups is 1. The predicted octanol–water partition coefficient (Wildman–Crippen LogP) is 2.86. The average Bonchev–Trinajstić information content (AvgIpc) is 2.36. The zero-order valence-electron chi connectivity index (χ0n) is 10.5. The van der Waals surface area contributed by atoms with Gasteiger partial charge in [0.25, 0.3) is 0 Å². The normalized spacial score (nSPS) is 22.8. The average molecular weight is 274 g/mol. The van der Waals surface area contributed by atoms with Gasteiger partial charge in [0.1, 0.15) is 5.75 Å². The van der Waals surface area contributed by atoms with Gasteiger partial charge in [-0.15, -0.1) is 0 Å². The van der Waals surface area contributed by atoms with E-state index in [1.54, 1.807) is 0 Å². The molecule has 1 aliphatic heterocycles. The van der Waals surface area contributed by atoms with Crippen molar-refractivity contribution in [3.05, 3.63) is 28.8 Å². The molecule has 0 saturated heterocycles. The summed E-state index contributed by atoms with van der Waals surface area (Å²) in [7, 11) is 1.37. The van der Waals surface area contributed by atoms with Gasteiger partial charge in [-0.05, 0) is 36.6 Å². The zero-order valence-corrected chi connectivity index (χ0v) is 10.5. The van der Waals surface area contributed by atoms with E-state index in [4.69, 9.17) is 9.47 Å². The molecule has 0 aromatic heterocycles. The Kier molecular flexibility index (Phi) is 3.30. The van der Waals surface area contributed by atoms with E-state index in [1.807, 2.05) is 0 Å². The van der Waals surface area contributed by atoms with Gasteiger partial charge in [0.15, 0.2) is 11.9 Å². The Morgan fingerprint density at radius 1 is 1.42 bits per heavy atom. The number of carbonyl (C=O) groups excluding carboxylic acids is 1. The summed E-state index contributed by atoms with van der Waals surface area (Å²) in [6.07, 6.45) is -3.71. The third-order valence-electron chi connectivity index (χ3n) is 3.40. The van der Waals surface area contributed by atoms with Gasteiger partial charge in [-0.1, -0.05) is 0 Å². The van der Waals surface area contributed by atoms with Gasteiger partial charge in [-0.25, -0.2) is 0 Å². The van der Waals surface area contributed by atoms with Crippen LogP contribution in [0.2, 0.25) is 0 Å². The first kappa shape index (κ1) is 13.9. The third-order valence-corrected chi connectivity index (χ3v) is 3.40. The molecular formula is C13H13F3O3. The first-order chi connectivity index (χ1) is 8.83. The molecule has 0 unspecified atom stereocenters. The zero-order chi connectivity index (χ0) is 14.3. The van der Waals surface area contributed by atoms with Crippen molar-refractivity contribution < 1.29 is 27.4 Å². The Morgan fingerprint density at radius 2 is 2.11 bits per heavy atom. The quantitative estimate of drug-likeness (QED) is 0.778. The lowest BCUT2D eigenvalue weighted by atomic mass is 9.85. The van der Waals surface area contributed by atoms with Crippen molar-refractivity contribution in [1.29, 1.82) is 0 Å². The number of aldehydes is 1. The fraction of sp³-hybridized carbons (Fsp3) is 0.462. The van der Waals surface area contributed by atoms with E-state index in [-0.39, 0.29) is 23.5 Å². The standard InChI is InChI=1S/C13H13F3O3/c1-12(13(14,15)16)10-5-9(7-17)11(18-2)6-8(10)3-4-19-12/h5-7H,3-4H2,1-2H3/t12-/m1/s1. The minimum Gasteiger partial charge on any atom is -0.496 e. The van der Waals surface area contributed by atoms with Crippen molar-refractivity contribution in [2.45, 2.75) is 25.1 Å². The summed E-state index contributed by atoms with van der Waals surface area (Å²) in [5.74, 6) is 0.278. The minimum atomic E-state index is -4.54. The lowest BCUT2D eigenvalue weighted by Crippen LogP contribution is -2.45. The molecule has 1 aromatic carbocycles. The molecule has 19 heavy (non-hydrogen) atoms. The van der Waals surface area contributed by atoms with Gasteiger partial charge < -0.3 is 9.47 Å². The fourth-order valence-electron chi connectivity index (χ4n) is 2.24.